The molecule has 2 aromatic rings. The molecule has 1 atom stereocenters. The van der Waals surface area contributed by atoms with Gasteiger partial charge in [-0.05, 0) is 42.5 Å². The fourth-order valence-corrected chi connectivity index (χ4v) is 3.06. The van der Waals surface area contributed by atoms with E-state index < -0.39 is 5.69 Å². The molecule has 6 heteroatoms. The minimum Gasteiger partial charge on any atom is -0.341 e. The van der Waals surface area contributed by atoms with Crippen LogP contribution in [0.5, 0.6) is 0 Å². The highest BCUT2D eigenvalue weighted by molar-refractivity contribution is 6.30. The van der Waals surface area contributed by atoms with Crippen LogP contribution in [-0.2, 0) is 17.8 Å². The van der Waals surface area contributed by atoms with Gasteiger partial charge in [-0.15, -0.1) is 0 Å². The monoisotopic (exact) mass is 331 g/mol. The van der Waals surface area contributed by atoms with Gasteiger partial charge in [0.25, 0.3) is 0 Å². The van der Waals surface area contributed by atoms with Gasteiger partial charge in [0.05, 0.1) is 0 Å². The minimum absolute atomic E-state index is 0.0290. The van der Waals surface area contributed by atoms with Crippen molar-refractivity contribution in [1.29, 1.82) is 0 Å². The van der Waals surface area contributed by atoms with Crippen molar-refractivity contribution in [3.63, 3.8) is 0 Å². The average Bonchev–Trinajstić information content (AvgIpc) is 3.00. The third-order valence-corrected chi connectivity index (χ3v) is 4.42. The molecule has 1 aliphatic rings. The molecule has 2 heterocycles. The first-order valence-electron chi connectivity index (χ1n) is 7.65. The van der Waals surface area contributed by atoms with Crippen LogP contribution in [0.15, 0.2) is 47.5 Å². The number of amides is 1. The number of hydrogen-bond acceptors (Lipinski definition) is 3. The second-order valence-electron chi connectivity index (χ2n) is 5.86. The van der Waals surface area contributed by atoms with Crippen LogP contribution in [0.4, 0.5) is 0 Å². The zero-order valence-corrected chi connectivity index (χ0v) is 13.4. The van der Waals surface area contributed by atoms with Crippen LogP contribution in [0.25, 0.3) is 0 Å². The Morgan fingerprint density at radius 3 is 2.83 bits per heavy atom. The molecule has 120 valence electrons. The summed E-state index contributed by atoms with van der Waals surface area (Å²) in [5.74, 6) is 0.421. The summed E-state index contributed by atoms with van der Waals surface area (Å²) in [6.45, 7) is 1.53. The Kier molecular flexibility index (Phi) is 4.76. The van der Waals surface area contributed by atoms with Crippen LogP contribution in [0.1, 0.15) is 12.0 Å². The summed E-state index contributed by atoms with van der Waals surface area (Å²) in [6.07, 6.45) is 4.94. The van der Waals surface area contributed by atoms with Gasteiger partial charge in [-0.3, -0.25) is 9.36 Å². The Hall–Kier alpha value is -2.14. The number of halogens is 1. The summed E-state index contributed by atoms with van der Waals surface area (Å²) in [4.78, 5) is 29.4. The third-order valence-electron chi connectivity index (χ3n) is 4.16. The van der Waals surface area contributed by atoms with Crippen molar-refractivity contribution in [3.8, 4) is 0 Å². The first-order valence-corrected chi connectivity index (χ1v) is 8.03. The van der Waals surface area contributed by atoms with Gasteiger partial charge in [-0.2, -0.15) is 0 Å². The van der Waals surface area contributed by atoms with Crippen LogP contribution in [0, 0.1) is 5.92 Å². The number of hydrogen-bond donors (Lipinski definition) is 0. The number of carbonyl (C=O) groups is 1. The van der Waals surface area contributed by atoms with E-state index in [1.54, 1.807) is 12.3 Å². The van der Waals surface area contributed by atoms with Gasteiger partial charge >= 0.3 is 5.69 Å². The van der Waals surface area contributed by atoms with Crippen molar-refractivity contribution in [2.24, 2.45) is 5.92 Å². The summed E-state index contributed by atoms with van der Waals surface area (Å²) in [7, 11) is 0. The zero-order chi connectivity index (χ0) is 16.2. The number of aromatic nitrogens is 2. The quantitative estimate of drug-likeness (QED) is 0.861. The minimum atomic E-state index is -0.391. The maximum atomic E-state index is 12.3. The Labute approximate surface area is 139 Å². The maximum absolute atomic E-state index is 12.3. The second kappa shape index (κ2) is 6.96. The first-order chi connectivity index (χ1) is 11.1. The summed E-state index contributed by atoms with van der Waals surface area (Å²) in [6, 6.07) is 9.50. The normalized spacial score (nSPS) is 17.4. The lowest BCUT2D eigenvalue weighted by molar-refractivity contribution is -0.131. The third kappa shape index (κ3) is 3.99. The summed E-state index contributed by atoms with van der Waals surface area (Å²) in [5.41, 5.74) is 0.843. The number of nitrogens with zero attached hydrogens (tertiary/aromatic N) is 3. The van der Waals surface area contributed by atoms with Crippen LogP contribution in [-0.4, -0.2) is 33.4 Å². The molecule has 0 spiro atoms. The van der Waals surface area contributed by atoms with Gasteiger partial charge < -0.3 is 4.90 Å². The van der Waals surface area contributed by atoms with E-state index in [4.69, 9.17) is 11.6 Å². The molecule has 0 radical (unpaired) electrons. The number of likely N-dealkylation sites (tertiary alicyclic amines) is 1. The molecule has 23 heavy (non-hydrogen) atoms. The Bertz CT molecular complexity index is 742. The lowest BCUT2D eigenvalue weighted by Gasteiger charge is -2.17. The lowest BCUT2D eigenvalue weighted by Crippen LogP contribution is -2.35. The largest absolute Gasteiger partial charge is 0.347 e. The number of rotatable bonds is 4. The molecule has 1 aromatic heterocycles. The zero-order valence-electron chi connectivity index (χ0n) is 12.7. The predicted molar refractivity (Wildman–Crippen MR) is 88.3 cm³/mol. The molecule has 1 amide bonds. The molecule has 0 N–H and O–H groups in total. The van der Waals surface area contributed by atoms with E-state index in [0.717, 1.165) is 31.0 Å². The van der Waals surface area contributed by atoms with Crippen molar-refractivity contribution in [1.82, 2.24) is 14.5 Å². The van der Waals surface area contributed by atoms with Gasteiger partial charge in [-0.25, -0.2) is 9.78 Å². The van der Waals surface area contributed by atoms with Crippen molar-refractivity contribution in [2.45, 2.75) is 19.4 Å². The fraction of sp³-hybridized carbons (Fsp3) is 0.353. The summed E-state index contributed by atoms with van der Waals surface area (Å²) in [5, 5.41) is 0.735. The van der Waals surface area contributed by atoms with Gasteiger partial charge in [0.2, 0.25) is 5.91 Å². The standard InChI is InChI=1S/C17H18ClN3O2/c18-15-4-2-13(3-5-15)10-14-6-9-20(11-14)16(22)12-21-8-1-7-19-17(21)23/h1-5,7-8,14H,6,9-12H2. The highest BCUT2D eigenvalue weighted by Gasteiger charge is 2.26. The van der Waals surface area contributed by atoms with Crippen molar-refractivity contribution < 1.29 is 4.79 Å². The molecular formula is C17H18ClN3O2. The van der Waals surface area contributed by atoms with Gasteiger partial charge in [0, 0.05) is 30.5 Å². The molecule has 3 rings (SSSR count). The van der Waals surface area contributed by atoms with E-state index in [0.29, 0.717) is 5.92 Å². The fourth-order valence-electron chi connectivity index (χ4n) is 2.93. The SMILES string of the molecule is O=C(Cn1cccnc1=O)N1CCC(Cc2ccc(Cl)cc2)C1. The highest BCUT2D eigenvalue weighted by atomic mass is 35.5. The van der Waals surface area contributed by atoms with E-state index in [2.05, 4.69) is 4.98 Å². The lowest BCUT2D eigenvalue weighted by atomic mass is 9.99. The molecule has 1 aliphatic heterocycles. The van der Waals surface area contributed by atoms with Crippen molar-refractivity contribution in [2.75, 3.05) is 13.1 Å². The van der Waals surface area contributed by atoms with E-state index in [-0.39, 0.29) is 12.5 Å². The van der Waals surface area contributed by atoms with E-state index in [1.807, 2.05) is 29.2 Å². The van der Waals surface area contributed by atoms with Crippen molar-refractivity contribution in [3.05, 3.63) is 63.8 Å². The van der Waals surface area contributed by atoms with Gasteiger partial charge in [-0.1, -0.05) is 23.7 Å². The smallest absolute Gasteiger partial charge is 0.341 e. The Morgan fingerprint density at radius 2 is 2.09 bits per heavy atom. The Morgan fingerprint density at radius 1 is 1.30 bits per heavy atom. The molecule has 1 saturated heterocycles. The highest BCUT2D eigenvalue weighted by Crippen LogP contribution is 2.22. The van der Waals surface area contributed by atoms with E-state index in [9.17, 15) is 9.59 Å². The van der Waals surface area contributed by atoms with Gasteiger partial charge in [0.15, 0.2) is 0 Å². The van der Waals surface area contributed by atoms with E-state index >= 15 is 0 Å². The maximum Gasteiger partial charge on any atom is 0.347 e. The number of benzene rings is 1. The average molecular weight is 332 g/mol. The molecular weight excluding hydrogens is 314 g/mol. The topological polar surface area (TPSA) is 55.2 Å². The molecule has 0 bridgehead atoms. The van der Waals surface area contributed by atoms with Crippen LogP contribution >= 0.6 is 11.6 Å². The molecule has 1 unspecified atom stereocenters. The second-order valence-corrected chi connectivity index (χ2v) is 6.29. The molecule has 0 saturated carbocycles. The van der Waals surface area contributed by atoms with Crippen LogP contribution in [0.2, 0.25) is 5.02 Å². The molecule has 1 fully saturated rings. The first kappa shape index (κ1) is 15.7. The molecule has 0 aliphatic carbocycles. The van der Waals surface area contributed by atoms with Crippen LogP contribution < -0.4 is 5.69 Å². The van der Waals surface area contributed by atoms with Crippen LogP contribution in [0.3, 0.4) is 0 Å². The van der Waals surface area contributed by atoms with Crippen molar-refractivity contribution >= 4 is 17.5 Å². The molecule has 1 aromatic carbocycles. The summed E-state index contributed by atoms with van der Waals surface area (Å²) < 4.78 is 1.34. The predicted octanol–water partition coefficient (Wildman–Crippen LogP) is 1.99. The Balaban J connectivity index is 1.57. The van der Waals surface area contributed by atoms with E-state index in [1.165, 1.54) is 16.3 Å². The molecule has 5 nitrogen and oxygen atoms in total. The summed E-state index contributed by atoms with van der Waals surface area (Å²) >= 11 is 5.90. The van der Waals surface area contributed by atoms with Gasteiger partial charge in [0.1, 0.15) is 6.54 Å². The number of carbonyl (C=O) groups excluding carboxylic acids is 1.